The molecule has 4 aromatic carbocycles. The number of azide groups is 1. The molecule has 6 atom stereocenters. The van der Waals surface area contributed by atoms with Crippen LogP contribution in [-0.2, 0) is 56.2 Å². The summed E-state index contributed by atoms with van der Waals surface area (Å²) < 4.78 is 78.9. The average Bonchev–Trinajstić information content (AvgIpc) is 1.83. The molecule has 480 valence electrons. The fourth-order valence-electron chi connectivity index (χ4n) is 9.71. The second-order valence-electron chi connectivity index (χ2n) is 20.5. The van der Waals surface area contributed by atoms with Gasteiger partial charge in [-0.05, 0) is 112 Å². The first-order valence-corrected chi connectivity index (χ1v) is 27.6. The van der Waals surface area contributed by atoms with Crippen LogP contribution in [-0.4, -0.2) is 143 Å². The molecule has 3 aliphatic rings. The minimum Gasteiger partial charge on any atom is -0.657 e. The van der Waals surface area contributed by atoms with E-state index in [2.05, 4.69) is 36.0 Å². The van der Waals surface area contributed by atoms with Crippen molar-refractivity contribution in [2.75, 3.05) is 25.6 Å². The first-order chi connectivity index (χ1) is 43.7. The van der Waals surface area contributed by atoms with Gasteiger partial charge in [-0.3, -0.25) is 9.36 Å². The molecule has 25 nitrogen and oxygen atoms in total. The van der Waals surface area contributed by atoms with Gasteiger partial charge in [-0.15, -0.1) is 32.3 Å². The number of benzene rings is 4. The number of rotatable bonds is 12. The van der Waals surface area contributed by atoms with Crippen molar-refractivity contribution in [3.05, 3.63) is 177 Å². The monoisotopic (exact) mass is 1330 g/mol. The Kier molecular flexibility index (Phi) is 24.0. The quantitative estimate of drug-likeness (QED) is 0.0138. The predicted octanol–water partition coefficient (Wildman–Crippen LogP) is 8.05. The number of nitrogens with zero attached hydrogens (tertiary/aromatic N) is 13. The van der Waals surface area contributed by atoms with Gasteiger partial charge >= 0.3 is 19.5 Å². The zero-order chi connectivity index (χ0) is 65.2. The van der Waals surface area contributed by atoms with Crippen molar-refractivity contribution >= 4 is 52.1 Å². The van der Waals surface area contributed by atoms with Crippen LogP contribution in [0, 0.1) is 23.3 Å². The topological polar surface area (TPSA) is 377 Å². The normalized spacial score (nSPS) is 16.4. The number of halogens is 4. The van der Waals surface area contributed by atoms with Crippen molar-refractivity contribution in [3.8, 4) is 61.8 Å². The molecule has 1 saturated heterocycles. The predicted molar refractivity (Wildman–Crippen MR) is 332 cm³/mol. The van der Waals surface area contributed by atoms with E-state index < -0.39 is 77.9 Å². The molecule has 0 saturated carbocycles. The number of phenols is 3. The smallest absolute Gasteiger partial charge is 0.657 e. The summed E-state index contributed by atoms with van der Waals surface area (Å²) in [5.74, 6) is -6.90. The molecule has 8 bridgehead atoms. The molecular formula is C63H62F4N14O11Zn. The molecule has 3 unspecified atom stereocenters. The molecule has 0 spiro atoms. The minimum atomic E-state index is -1.71. The van der Waals surface area contributed by atoms with E-state index in [0.29, 0.717) is 61.5 Å². The number of hydrogen-bond donors (Lipinski definition) is 10. The number of aliphatic hydroxyl groups excluding tert-OH is 6. The summed E-state index contributed by atoms with van der Waals surface area (Å²) in [6.07, 6.45) is 2.69. The van der Waals surface area contributed by atoms with Crippen LogP contribution in [0.5, 0.6) is 17.2 Å². The van der Waals surface area contributed by atoms with Gasteiger partial charge in [0.1, 0.15) is 58.7 Å². The molecule has 0 amide bonds. The van der Waals surface area contributed by atoms with Gasteiger partial charge in [0.05, 0.1) is 67.0 Å². The number of aryl methyl sites for hydroxylation is 2. The van der Waals surface area contributed by atoms with Crippen molar-refractivity contribution in [1.29, 1.82) is 0 Å². The van der Waals surface area contributed by atoms with Crippen LogP contribution in [0.1, 0.15) is 48.5 Å². The zero-order valence-electron chi connectivity index (χ0n) is 49.4. The van der Waals surface area contributed by atoms with Crippen molar-refractivity contribution in [3.63, 3.8) is 0 Å². The number of ether oxygens (including phenoxy) is 2. The van der Waals surface area contributed by atoms with Gasteiger partial charge < -0.3 is 70.7 Å². The Hall–Kier alpha value is -9.71. The Morgan fingerprint density at radius 3 is 1.40 bits per heavy atom. The zero-order valence-corrected chi connectivity index (χ0v) is 52.3. The number of hydrogen-bond acceptors (Lipinski definition) is 19. The van der Waals surface area contributed by atoms with Crippen LogP contribution in [0.15, 0.2) is 115 Å². The summed E-state index contributed by atoms with van der Waals surface area (Å²) in [6.45, 7) is 0.633. The Bertz CT molecular complexity index is 4330. The number of aromatic nitrogens is 10. The molecule has 30 heteroatoms. The summed E-state index contributed by atoms with van der Waals surface area (Å²) >= 11 is 0. The van der Waals surface area contributed by atoms with Crippen molar-refractivity contribution < 1.29 is 92.5 Å². The SMILES string of the molecule is C.CC(O)CO.CN=[N+]=[N-].Cn1cc(CNc2c(F)c(F)c(-c3c4nc(c(-c5cccc(O)c5)c5ccc([n-]5)c(-c5cccc(O)c5)c5nc(c(-c6cccc(O)c6)c6ccc3[n-]6)C=C5)C=C4)c(F)c2F)nn1.Cn1cc(CO[C@H]2OC(CO)[C@@H](O)[C@H](O)C2O)nn1.[Zn+2]. The maximum Gasteiger partial charge on any atom is 2.00 e. The summed E-state index contributed by atoms with van der Waals surface area (Å²) in [5, 5.41) is 106. The molecule has 1 fully saturated rings. The van der Waals surface area contributed by atoms with Crippen LogP contribution >= 0.6 is 0 Å². The maximum absolute atomic E-state index is 16.7. The summed E-state index contributed by atoms with van der Waals surface area (Å²) in [5.41, 5.74) is 10.5. The molecule has 0 aliphatic carbocycles. The molecule has 5 aromatic heterocycles. The van der Waals surface area contributed by atoms with Crippen LogP contribution in [0.3, 0.4) is 0 Å². The van der Waals surface area contributed by atoms with E-state index in [9.17, 15) is 30.6 Å². The Morgan fingerprint density at radius 1 is 0.634 bits per heavy atom. The van der Waals surface area contributed by atoms with Gasteiger partial charge in [0.2, 0.25) is 0 Å². The summed E-state index contributed by atoms with van der Waals surface area (Å²) in [4.78, 5) is 22.1. The minimum absolute atomic E-state index is 0. The maximum atomic E-state index is 16.7. The second kappa shape index (κ2) is 31.5. The van der Waals surface area contributed by atoms with Crippen LogP contribution in [0.25, 0.3) is 101 Å². The fourth-order valence-corrected chi connectivity index (χ4v) is 9.71. The van der Waals surface area contributed by atoms with Gasteiger partial charge in [0.25, 0.3) is 0 Å². The van der Waals surface area contributed by atoms with Gasteiger partial charge in [-0.2, -0.15) is 0 Å². The largest absolute Gasteiger partial charge is 2.00 e. The number of aromatic hydroxyl groups is 3. The number of phenolic OH excluding ortho intramolecular Hbond substituents is 3. The van der Waals surface area contributed by atoms with E-state index in [1.165, 1.54) is 65.9 Å². The molecule has 93 heavy (non-hydrogen) atoms. The summed E-state index contributed by atoms with van der Waals surface area (Å²) in [7, 11) is 4.68. The van der Waals surface area contributed by atoms with Gasteiger partial charge in [-0.1, -0.05) is 83.6 Å². The van der Waals surface area contributed by atoms with Crippen LogP contribution in [0.2, 0.25) is 0 Å². The Morgan fingerprint density at radius 2 is 1.03 bits per heavy atom. The molecular weight excluding hydrogens is 1270 g/mol. The third-order valence-electron chi connectivity index (χ3n) is 13.9. The summed E-state index contributed by atoms with van der Waals surface area (Å²) in [6, 6.07) is 25.9. The van der Waals surface area contributed by atoms with E-state index >= 15 is 17.6 Å². The Balaban J connectivity index is 0.000000340. The molecule has 12 rings (SSSR count). The number of aliphatic hydroxyl groups is 6. The van der Waals surface area contributed by atoms with Crippen LogP contribution < -0.4 is 15.3 Å². The van der Waals surface area contributed by atoms with E-state index in [0.717, 1.165) is 0 Å². The molecule has 3 aliphatic heterocycles. The van der Waals surface area contributed by atoms with E-state index in [4.69, 9.17) is 50.3 Å². The standard InChI is InChI=1S/C48H30F4N8O3.C10H17N3O6.C3H8O2.CH3N3.CH4.Zn/c1-60-23-27(58-59-60)22-53-48-46(51)44(49)43(45(50)47(48)52)42-37-17-15-35(56-37)40(25-6-3-9-29(62)20-25)33-13-11-31(54-33)39(24-5-2-8-28(61)19-24)32-12-14-34(55-32)41(36-16-18-38(42)57-36)26-7-4-10-30(63)21-26;1-13-2-5(11-12-13)4-18-10-9(17)8(16)7(15)6(3-14)19-10;1-3(5)2-4;1-3-4-2;;/h2-21,23H,22H2,1H3,(H4-2,53,54,55,56,57,58,59,61,62,63);2,6-10,14-17H,3-4H2,1H3;3-5H,2H2,1H3;1H3;1H4;/q-2;;;;;+2/t;6?,7-,8+,9?,10+;;;;/m.1..../s1. The first-order valence-electron chi connectivity index (χ1n) is 27.6. The Labute approximate surface area is 540 Å². The third kappa shape index (κ3) is 16.1. The second-order valence-corrected chi connectivity index (χ2v) is 20.5. The molecule has 10 N–H and O–H groups in total. The van der Waals surface area contributed by atoms with E-state index in [-0.39, 0.29) is 97.6 Å². The molecule has 0 radical (unpaired) electrons. The third-order valence-corrected chi connectivity index (χ3v) is 13.9. The van der Waals surface area contributed by atoms with Crippen molar-refractivity contribution in [2.24, 2.45) is 19.2 Å². The molecule has 8 heterocycles. The van der Waals surface area contributed by atoms with Gasteiger partial charge in [0.15, 0.2) is 29.6 Å². The van der Waals surface area contributed by atoms with E-state index in [1.54, 1.807) is 99.2 Å². The van der Waals surface area contributed by atoms with Crippen molar-refractivity contribution in [1.82, 2.24) is 49.9 Å². The number of fused-ring (bicyclic) bond motifs is 8. The van der Waals surface area contributed by atoms with Gasteiger partial charge in [0, 0.05) is 32.3 Å². The average molecular weight is 1330 g/mol. The van der Waals surface area contributed by atoms with Gasteiger partial charge in [-0.25, -0.2) is 27.5 Å². The number of nitrogens with one attached hydrogen (secondary N) is 1. The van der Waals surface area contributed by atoms with Crippen LogP contribution in [0.4, 0.5) is 23.2 Å². The number of anilines is 1. The van der Waals surface area contributed by atoms with Crippen molar-refractivity contribution in [2.45, 2.75) is 64.3 Å². The van der Waals surface area contributed by atoms with E-state index in [1.807, 2.05) is 6.07 Å². The molecule has 9 aromatic rings. The first kappa shape index (κ1) is 70.7. The fraction of sp³-hybridized carbons (Fsp3) is 0.238.